The van der Waals surface area contributed by atoms with Crippen molar-refractivity contribution in [2.24, 2.45) is 11.0 Å². The number of hydrazone groups is 1. The van der Waals surface area contributed by atoms with Gasteiger partial charge in [0, 0.05) is 39.0 Å². The van der Waals surface area contributed by atoms with Gasteiger partial charge in [0.25, 0.3) is 0 Å². The summed E-state index contributed by atoms with van der Waals surface area (Å²) < 4.78 is 11.0. The number of hydrogen-bond acceptors (Lipinski definition) is 6. The predicted molar refractivity (Wildman–Crippen MR) is 86.0 cm³/mol. The van der Waals surface area contributed by atoms with Crippen LogP contribution in [0, 0.1) is 5.92 Å². The number of hydrogen-bond donors (Lipinski definition) is 0. The van der Waals surface area contributed by atoms with E-state index in [9.17, 15) is 9.59 Å². The summed E-state index contributed by atoms with van der Waals surface area (Å²) in [5.41, 5.74) is 0.321. The Morgan fingerprint density at radius 2 is 2.22 bits per heavy atom. The summed E-state index contributed by atoms with van der Waals surface area (Å²) in [6, 6.07) is 0. The fraction of sp³-hybridized carbons (Fsp3) is 0.812. The zero-order chi connectivity index (χ0) is 16.8. The highest BCUT2D eigenvalue weighted by molar-refractivity contribution is 6.37. The molecule has 0 spiro atoms. The summed E-state index contributed by atoms with van der Waals surface area (Å²) in [4.78, 5) is 26.0. The number of carbonyl (C=O) groups is 2. The van der Waals surface area contributed by atoms with Gasteiger partial charge < -0.3 is 9.47 Å². The van der Waals surface area contributed by atoms with Gasteiger partial charge in [0.05, 0.1) is 6.61 Å². The normalized spacial score (nSPS) is 23.1. The van der Waals surface area contributed by atoms with Gasteiger partial charge in [-0.2, -0.15) is 5.10 Å². The molecular formula is C16H27N3O4. The van der Waals surface area contributed by atoms with Crippen LogP contribution in [0.1, 0.15) is 33.6 Å². The molecule has 0 saturated carbocycles. The molecule has 1 atom stereocenters. The number of carbonyl (C=O) groups excluding carboxylic acids is 2. The number of morpholine rings is 1. The van der Waals surface area contributed by atoms with Crippen molar-refractivity contribution >= 4 is 17.6 Å². The van der Waals surface area contributed by atoms with Gasteiger partial charge in [-0.3, -0.25) is 9.69 Å². The topological polar surface area (TPSA) is 71.4 Å². The van der Waals surface area contributed by atoms with Crippen LogP contribution in [-0.2, 0) is 19.1 Å². The Morgan fingerprint density at radius 3 is 2.91 bits per heavy atom. The van der Waals surface area contributed by atoms with Crippen molar-refractivity contribution in [2.75, 3.05) is 39.4 Å². The van der Waals surface area contributed by atoms with Crippen LogP contribution in [0.25, 0.3) is 0 Å². The molecule has 0 aromatic heterocycles. The summed E-state index contributed by atoms with van der Waals surface area (Å²) >= 11 is 0. The Morgan fingerprint density at radius 1 is 1.43 bits per heavy atom. The second kappa shape index (κ2) is 8.40. The van der Waals surface area contributed by atoms with Crippen LogP contribution in [0.2, 0.25) is 0 Å². The van der Waals surface area contributed by atoms with Gasteiger partial charge in [0.15, 0.2) is 0 Å². The molecule has 7 nitrogen and oxygen atoms in total. The van der Waals surface area contributed by atoms with Gasteiger partial charge >= 0.3 is 5.97 Å². The summed E-state index contributed by atoms with van der Waals surface area (Å²) in [5.74, 6) is 0.106. The maximum Gasteiger partial charge on any atom is 0.354 e. The molecule has 2 rings (SSSR count). The number of nitrogens with zero attached hydrogens (tertiary/aromatic N) is 3. The van der Waals surface area contributed by atoms with E-state index in [1.54, 1.807) is 0 Å². The zero-order valence-electron chi connectivity index (χ0n) is 14.3. The van der Waals surface area contributed by atoms with Crippen molar-refractivity contribution < 1.29 is 19.1 Å². The van der Waals surface area contributed by atoms with Gasteiger partial charge in [-0.15, -0.1) is 0 Å². The molecule has 130 valence electrons. The lowest BCUT2D eigenvalue weighted by atomic mass is 10.1. The minimum Gasteiger partial charge on any atom is -0.458 e. The SMILES string of the molecule is CCN1N=C(C(=O)OC[C@@H]2CN(CC(C)C)CCO2)CCC1=O. The van der Waals surface area contributed by atoms with Crippen LogP contribution in [0.15, 0.2) is 5.10 Å². The molecule has 1 saturated heterocycles. The third kappa shape index (κ3) is 5.28. The molecule has 1 fully saturated rings. The Labute approximate surface area is 137 Å². The Balaban J connectivity index is 1.81. The second-order valence-corrected chi connectivity index (χ2v) is 6.40. The molecule has 7 heteroatoms. The lowest BCUT2D eigenvalue weighted by Crippen LogP contribution is -2.46. The van der Waals surface area contributed by atoms with E-state index in [4.69, 9.17) is 9.47 Å². The third-order valence-corrected chi connectivity index (χ3v) is 3.89. The highest BCUT2D eigenvalue weighted by Gasteiger charge is 2.26. The highest BCUT2D eigenvalue weighted by atomic mass is 16.6. The molecular weight excluding hydrogens is 298 g/mol. The van der Waals surface area contributed by atoms with Crippen molar-refractivity contribution in [2.45, 2.75) is 39.7 Å². The Hall–Kier alpha value is -1.47. The average Bonchev–Trinajstić information content (AvgIpc) is 2.53. The standard InChI is InChI=1S/C16H27N3O4/c1-4-19-15(20)6-5-14(17-19)16(21)23-11-13-10-18(7-8-22-13)9-12(2)3/h12-13H,4-11H2,1-3H3/t13-/m0/s1. The quantitative estimate of drug-likeness (QED) is 0.678. The molecule has 23 heavy (non-hydrogen) atoms. The van der Waals surface area contributed by atoms with E-state index < -0.39 is 5.97 Å². The maximum absolute atomic E-state index is 12.1. The fourth-order valence-corrected chi connectivity index (χ4v) is 2.81. The van der Waals surface area contributed by atoms with Crippen molar-refractivity contribution in [1.29, 1.82) is 0 Å². The monoisotopic (exact) mass is 325 g/mol. The highest BCUT2D eigenvalue weighted by Crippen LogP contribution is 2.12. The average molecular weight is 325 g/mol. The predicted octanol–water partition coefficient (Wildman–Crippen LogP) is 0.885. The molecule has 2 heterocycles. The number of rotatable bonds is 6. The van der Waals surface area contributed by atoms with E-state index in [1.807, 2.05) is 6.92 Å². The first-order chi connectivity index (χ1) is 11.0. The van der Waals surface area contributed by atoms with Crippen molar-refractivity contribution in [3.63, 3.8) is 0 Å². The lowest BCUT2D eigenvalue weighted by molar-refractivity contribution is -0.143. The number of esters is 1. The number of ether oxygens (including phenoxy) is 2. The van der Waals surface area contributed by atoms with Gasteiger partial charge in [-0.05, 0) is 12.8 Å². The summed E-state index contributed by atoms with van der Waals surface area (Å²) in [7, 11) is 0. The molecule has 0 unspecified atom stereocenters. The summed E-state index contributed by atoms with van der Waals surface area (Å²) in [6.45, 7) is 10.3. The molecule has 0 bridgehead atoms. The smallest absolute Gasteiger partial charge is 0.354 e. The van der Waals surface area contributed by atoms with E-state index in [0.29, 0.717) is 37.6 Å². The van der Waals surface area contributed by atoms with Gasteiger partial charge in [0.2, 0.25) is 5.91 Å². The Bertz CT molecular complexity index is 464. The van der Waals surface area contributed by atoms with E-state index >= 15 is 0 Å². The van der Waals surface area contributed by atoms with Crippen LogP contribution >= 0.6 is 0 Å². The molecule has 0 aromatic rings. The molecule has 0 radical (unpaired) electrons. The fourth-order valence-electron chi connectivity index (χ4n) is 2.81. The largest absolute Gasteiger partial charge is 0.458 e. The van der Waals surface area contributed by atoms with Gasteiger partial charge in [-0.25, -0.2) is 9.80 Å². The first kappa shape index (κ1) is 17.9. The first-order valence-corrected chi connectivity index (χ1v) is 8.38. The van der Waals surface area contributed by atoms with Gasteiger partial charge in [0.1, 0.15) is 18.4 Å². The van der Waals surface area contributed by atoms with Crippen LogP contribution in [-0.4, -0.2) is 73.0 Å². The van der Waals surface area contributed by atoms with Crippen LogP contribution in [0.3, 0.4) is 0 Å². The van der Waals surface area contributed by atoms with Gasteiger partial charge in [-0.1, -0.05) is 13.8 Å². The van der Waals surface area contributed by atoms with Crippen molar-refractivity contribution in [3.8, 4) is 0 Å². The first-order valence-electron chi connectivity index (χ1n) is 8.38. The second-order valence-electron chi connectivity index (χ2n) is 6.40. The summed E-state index contributed by atoms with van der Waals surface area (Å²) in [6.07, 6.45) is 0.558. The van der Waals surface area contributed by atoms with E-state index in [2.05, 4.69) is 23.8 Å². The number of amides is 1. The van der Waals surface area contributed by atoms with Crippen molar-refractivity contribution in [1.82, 2.24) is 9.91 Å². The van der Waals surface area contributed by atoms with E-state index in [-0.39, 0.29) is 18.6 Å². The molecule has 0 aliphatic carbocycles. The molecule has 1 amide bonds. The Kier molecular flexibility index (Phi) is 6.53. The third-order valence-electron chi connectivity index (χ3n) is 3.89. The minimum absolute atomic E-state index is 0.0519. The summed E-state index contributed by atoms with van der Waals surface area (Å²) in [5, 5.41) is 5.39. The maximum atomic E-state index is 12.1. The zero-order valence-corrected chi connectivity index (χ0v) is 14.3. The van der Waals surface area contributed by atoms with Crippen LogP contribution in [0.5, 0.6) is 0 Å². The van der Waals surface area contributed by atoms with Crippen LogP contribution < -0.4 is 0 Å². The van der Waals surface area contributed by atoms with E-state index in [1.165, 1.54) is 5.01 Å². The van der Waals surface area contributed by atoms with E-state index in [0.717, 1.165) is 19.6 Å². The molecule has 2 aliphatic rings. The van der Waals surface area contributed by atoms with Crippen LogP contribution in [0.4, 0.5) is 0 Å². The lowest BCUT2D eigenvalue weighted by Gasteiger charge is -2.33. The minimum atomic E-state index is -0.444. The molecule has 0 aromatic carbocycles. The molecule has 2 aliphatic heterocycles. The molecule has 0 N–H and O–H groups in total. The van der Waals surface area contributed by atoms with Crippen molar-refractivity contribution in [3.05, 3.63) is 0 Å².